The molecule has 2 aromatic rings. The summed E-state index contributed by atoms with van der Waals surface area (Å²) in [6.07, 6.45) is 3.55. The maximum absolute atomic E-state index is 13.4. The van der Waals surface area contributed by atoms with Gasteiger partial charge in [-0.05, 0) is 43.4 Å². The van der Waals surface area contributed by atoms with Crippen molar-refractivity contribution in [3.8, 4) is 11.5 Å². The van der Waals surface area contributed by atoms with E-state index in [1.807, 2.05) is 5.38 Å². The lowest BCUT2D eigenvalue weighted by Crippen LogP contribution is -2.51. The van der Waals surface area contributed by atoms with Gasteiger partial charge in [-0.2, -0.15) is 0 Å². The molecule has 4 rings (SSSR count). The lowest BCUT2D eigenvalue weighted by atomic mass is 9.95. The maximum Gasteiger partial charge on any atom is 0.255 e. The highest BCUT2D eigenvalue weighted by molar-refractivity contribution is 7.10. The zero-order valence-electron chi connectivity index (χ0n) is 15.8. The number of ether oxygens (including phenoxy) is 2. The van der Waals surface area contributed by atoms with Gasteiger partial charge >= 0.3 is 0 Å². The molecule has 0 saturated carbocycles. The van der Waals surface area contributed by atoms with Gasteiger partial charge in [-0.3, -0.25) is 4.79 Å². The second-order valence-corrected chi connectivity index (χ2v) is 8.28. The number of nitrogens with zero attached hydrogens (tertiary/aromatic N) is 1. The first-order valence-electron chi connectivity index (χ1n) is 9.63. The molecule has 1 saturated heterocycles. The number of amides is 1. The summed E-state index contributed by atoms with van der Waals surface area (Å²) in [4.78, 5) is 16.0. The molecule has 0 bridgehead atoms. The van der Waals surface area contributed by atoms with E-state index in [0.717, 1.165) is 24.8 Å². The summed E-state index contributed by atoms with van der Waals surface area (Å²) in [6, 6.07) is 4.04. The van der Waals surface area contributed by atoms with Crippen LogP contribution in [0.5, 0.6) is 11.5 Å². The van der Waals surface area contributed by atoms with E-state index in [4.69, 9.17) is 9.47 Å². The molecule has 1 aliphatic heterocycles. The molecule has 1 fully saturated rings. The number of methoxy groups -OCH3 is 1. The Morgan fingerprint density at radius 2 is 2.11 bits per heavy atom. The van der Waals surface area contributed by atoms with Gasteiger partial charge in [-0.25, -0.2) is 4.39 Å². The molecule has 5 nitrogen and oxygen atoms in total. The molecule has 2 heterocycles. The minimum absolute atomic E-state index is 0.00346. The molecule has 0 radical (unpaired) electrons. The average molecular weight is 405 g/mol. The minimum Gasteiger partial charge on any atom is -0.493 e. The fraction of sp³-hybridized carbons (Fsp3) is 0.476. The molecule has 1 aromatic carbocycles. The summed E-state index contributed by atoms with van der Waals surface area (Å²) in [7, 11) is 1.45. The van der Waals surface area contributed by atoms with Crippen molar-refractivity contribution in [2.45, 2.75) is 44.3 Å². The Balaban J connectivity index is 1.43. The van der Waals surface area contributed by atoms with Crippen LogP contribution in [0.4, 0.5) is 4.39 Å². The van der Waals surface area contributed by atoms with Gasteiger partial charge in [0.05, 0.1) is 19.2 Å². The van der Waals surface area contributed by atoms with Crippen LogP contribution in [0.1, 0.15) is 40.1 Å². The zero-order chi connectivity index (χ0) is 19.7. The topological polar surface area (TPSA) is 59.0 Å². The summed E-state index contributed by atoms with van der Waals surface area (Å²) in [5.41, 5.74) is 2.00. The van der Waals surface area contributed by atoms with Crippen molar-refractivity contribution >= 4 is 17.2 Å². The normalized spacial score (nSPS) is 21.9. The van der Waals surface area contributed by atoms with Crippen LogP contribution in [0.15, 0.2) is 23.6 Å². The van der Waals surface area contributed by atoms with E-state index >= 15 is 0 Å². The SMILES string of the molecule is COc1cc(F)ccc1O[C@@H]1CCN(C(=O)c2csc3c2CCCC3)C[C@H]1O. The van der Waals surface area contributed by atoms with Crippen LogP contribution in [-0.4, -0.2) is 48.3 Å². The van der Waals surface area contributed by atoms with Gasteiger partial charge in [-0.1, -0.05) is 0 Å². The first kappa shape index (κ1) is 19.2. The van der Waals surface area contributed by atoms with Crippen molar-refractivity contribution in [2.75, 3.05) is 20.2 Å². The molecule has 0 spiro atoms. The van der Waals surface area contributed by atoms with E-state index < -0.39 is 18.0 Å². The Kier molecular flexibility index (Phi) is 5.55. The standard InChI is InChI=1S/C21H24FNO4S/c1-26-19-10-13(22)6-7-18(19)27-17-8-9-23(11-16(17)24)21(25)15-12-28-20-5-3-2-4-14(15)20/h6-7,10,12,16-17,24H,2-5,8-9,11H2,1H3/t16-,17-/m1/s1. The third-order valence-electron chi connectivity index (χ3n) is 5.50. The van der Waals surface area contributed by atoms with E-state index in [1.54, 1.807) is 16.2 Å². The van der Waals surface area contributed by atoms with Crippen LogP contribution < -0.4 is 9.47 Å². The smallest absolute Gasteiger partial charge is 0.255 e. The third kappa shape index (κ3) is 3.73. The van der Waals surface area contributed by atoms with Gasteiger partial charge < -0.3 is 19.5 Å². The number of hydrogen-bond donors (Lipinski definition) is 1. The average Bonchev–Trinajstić information content (AvgIpc) is 3.14. The fourth-order valence-electron chi connectivity index (χ4n) is 3.98. The maximum atomic E-state index is 13.4. The van der Waals surface area contributed by atoms with E-state index in [2.05, 4.69) is 0 Å². The van der Waals surface area contributed by atoms with Gasteiger partial charge in [-0.15, -0.1) is 11.3 Å². The van der Waals surface area contributed by atoms with Gasteiger partial charge in [0.25, 0.3) is 5.91 Å². The highest BCUT2D eigenvalue weighted by Crippen LogP contribution is 2.33. The van der Waals surface area contributed by atoms with Gasteiger partial charge in [0.1, 0.15) is 18.0 Å². The molecular weight excluding hydrogens is 381 g/mol. The molecular formula is C21H24FNO4S. The summed E-state index contributed by atoms with van der Waals surface area (Å²) >= 11 is 1.67. The van der Waals surface area contributed by atoms with E-state index in [1.165, 1.54) is 42.2 Å². The minimum atomic E-state index is -0.818. The molecule has 2 atom stereocenters. The van der Waals surface area contributed by atoms with E-state index in [-0.39, 0.29) is 18.2 Å². The van der Waals surface area contributed by atoms with Crippen LogP contribution in [0, 0.1) is 5.82 Å². The monoisotopic (exact) mass is 405 g/mol. The number of carbonyl (C=O) groups is 1. The summed E-state index contributed by atoms with van der Waals surface area (Å²) < 4.78 is 24.4. The van der Waals surface area contributed by atoms with Crippen LogP contribution in [0.2, 0.25) is 0 Å². The molecule has 1 N–H and O–H groups in total. The lowest BCUT2D eigenvalue weighted by Gasteiger charge is -2.36. The second-order valence-electron chi connectivity index (χ2n) is 7.32. The van der Waals surface area contributed by atoms with Crippen LogP contribution in [0.3, 0.4) is 0 Å². The highest BCUT2D eigenvalue weighted by Gasteiger charge is 2.34. The first-order chi connectivity index (χ1) is 13.6. The number of benzene rings is 1. The fourth-order valence-corrected chi connectivity index (χ4v) is 5.10. The number of β-amino-alcohol motifs (C(OH)–C–C–N with tert-alkyl or cyclic N) is 1. The molecule has 7 heteroatoms. The summed E-state index contributed by atoms with van der Waals surface area (Å²) in [5.74, 6) is 0.260. The molecule has 28 heavy (non-hydrogen) atoms. The third-order valence-corrected chi connectivity index (χ3v) is 6.59. The largest absolute Gasteiger partial charge is 0.493 e. The van der Waals surface area contributed by atoms with Crippen LogP contribution in [0.25, 0.3) is 0 Å². The molecule has 0 unspecified atom stereocenters. The van der Waals surface area contributed by atoms with Crippen molar-refractivity contribution in [3.63, 3.8) is 0 Å². The van der Waals surface area contributed by atoms with Crippen LogP contribution >= 0.6 is 11.3 Å². The number of thiophene rings is 1. The Hall–Kier alpha value is -2.12. The van der Waals surface area contributed by atoms with Crippen molar-refractivity contribution in [1.82, 2.24) is 4.90 Å². The molecule has 1 aromatic heterocycles. The first-order valence-corrected chi connectivity index (χ1v) is 10.5. The Morgan fingerprint density at radius 3 is 2.89 bits per heavy atom. The predicted molar refractivity (Wildman–Crippen MR) is 105 cm³/mol. The van der Waals surface area contributed by atoms with Crippen molar-refractivity contribution < 1.29 is 23.8 Å². The quantitative estimate of drug-likeness (QED) is 0.847. The number of likely N-dealkylation sites (tertiary alicyclic amines) is 1. The number of fused-ring (bicyclic) bond motifs is 1. The summed E-state index contributed by atoms with van der Waals surface area (Å²) in [5, 5.41) is 12.5. The van der Waals surface area contributed by atoms with Gasteiger partial charge in [0.15, 0.2) is 11.5 Å². The number of carbonyl (C=O) groups excluding carboxylic acids is 1. The van der Waals surface area contributed by atoms with Gasteiger partial charge in [0.2, 0.25) is 0 Å². The predicted octanol–water partition coefficient (Wildman–Crippen LogP) is 3.43. The van der Waals surface area contributed by atoms with Gasteiger partial charge in [0, 0.05) is 29.3 Å². The van der Waals surface area contributed by atoms with Crippen molar-refractivity contribution in [1.29, 1.82) is 0 Å². The van der Waals surface area contributed by atoms with E-state index in [0.29, 0.717) is 18.7 Å². The number of hydrogen-bond acceptors (Lipinski definition) is 5. The number of piperidine rings is 1. The molecule has 2 aliphatic rings. The zero-order valence-corrected chi connectivity index (χ0v) is 16.6. The lowest BCUT2D eigenvalue weighted by molar-refractivity contribution is -0.0207. The number of aryl methyl sites for hydroxylation is 1. The summed E-state index contributed by atoms with van der Waals surface area (Å²) in [6.45, 7) is 0.728. The number of aliphatic hydroxyl groups excluding tert-OH is 1. The highest BCUT2D eigenvalue weighted by atomic mass is 32.1. The molecule has 1 aliphatic carbocycles. The molecule has 150 valence electrons. The second kappa shape index (κ2) is 8.09. The number of rotatable bonds is 4. The Labute approximate surface area is 167 Å². The molecule has 1 amide bonds. The van der Waals surface area contributed by atoms with E-state index in [9.17, 15) is 14.3 Å². The Morgan fingerprint density at radius 1 is 1.29 bits per heavy atom. The Bertz CT molecular complexity index is 868. The number of halogens is 1. The van der Waals surface area contributed by atoms with Crippen molar-refractivity contribution in [3.05, 3.63) is 45.4 Å². The number of aliphatic hydroxyl groups is 1. The van der Waals surface area contributed by atoms with Crippen molar-refractivity contribution in [2.24, 2.45) is 0 Å². The van der Waals surface area contributed by atoms with Crippen LogP contribution in [-0.2, 0) is 12.8 Å².